The van der Waals surface area contributed by atoms with Crippen molar-refractivity contribution < 1.29 is 43.5 Å². The van der Waals surface area contributed by atoms with E-state index in [0.29, 0.717) is 63.8 Å². The molecule has 49 heavy (non-hydrogen) atoms. The zero-order valence-electron chi connectivity index (χ0n) is 27.9. The van der Waals surface area contributed by atoms with Crippen LogP contribution in [0.4, 0.5) is 0 Å². The van der Waals surface area contributed by atoms with Gasteiger partial charge in [0, 0.05) is 29.6 Å². The molecule has 4 bridgehead atoms. The zero-order valence-corrected chi connectivity index (χ0v) is 27.9. The van der Waals surface area contributed by atoms with Crippen LogP contribution in [0, 0.1) is 23.2 Å². The monoisotopic (exact) mass is 672 g/mol. The van der Waals surface area contributed by atoms with E-state index in [2.05, 4.69) is 5.32 Å². The Labute approximate surface area is 284 Å². The maximum atomic E-state index is 14.9. The van der Waals surface area contributed by atoms with Crippen molar-refractivity contribution in [2.45, 2.75) is 69.3 Å². The number of aliphatic hydroxyl groups excluding tert-OH is 3. The predicted molar refractivity (Wildman–Crippen MR) is 178 cm³/mol. The molecule has 0 saturated heterocycles. The van der Waals surface area contributed by atoms with E-state index in [4.69, 9.17) is 18.6 Å². The maximum Gasteiger partial charge on any atom is 0.290 e. The minimum Gasteiger partial charge on any atom is -0.493 e. The van der Waals surface area contributed by atoms with Gasteiger partial charge in [-0.05, 0) is 97.6 Å². The van der Waals surface area contributed by atoms with Crippen LogP contribution in [0.2, 0.25) is 0 Å². The number of carbonyl (C=O) groups excluding carboxylic acids is 2. The third-order valence-electron chi connectivity index (χ3n) is 11.7. The van der Waals surface area contributed by atoms with Crippen molar-refractivity contribution in [2.75, 3.05) is 33.9 Å². The lowest BCUT2D eigenvalue weighted by Crippen LogP contribution is -2.59. The number of carbonyl (C=O) groups is 2. The van der Waals surface area contributed by atoms with Crippen LogP contribution >= 0.6 is 0 Å². The van der Waals surface area contributed by atoms with Crippen molar-refractivity contribution in [2.24, 2.45) is 23.2 Å². The van der Waals surface area contributed by atoms with E-state index in [0.717, 1.165) is 24.6 Å². The number of benzene rings is 2. The number of hydrogen-bond donors (Lipinski definition) is 4. The highest BCUT2D eigenvalue weighted by atomic mass is 16.5. The molecular formula is C38H44N2O9. The number of fused-ring (bicyclic) bond motifs is 4. The van der Waals surface area contributed by atoms with Crippen LogP contribution in [-0.4, -0.2) is 84.2 Å². The third kappa shape index (κ3) is 5.37. The first kappa shape index (κ1) is 32.2. The number of nitrogens with zero attached hydrogens (tertiary/aromatic N) is 1. The molecular weight excluding hydrogens is 628 g/mol. The number of hydrogen-bond acceptors (Lipinski definition) is 9. The molecule has 4 saturated carbocycles. The van der Waals surface area contributed by atoms with Crippen molar-refractivity contribution >= 4 is 22.8 Å². The van der Waals surface area contributed by atoms with Gasteiger partial charge >= 0.3 is 0 Å². The van der Waals surface area contributed by atoms with Crippen LogP contribution in [-0.2, 0) is 11.4 Å². The van der Waals surface area contributed by atoms with Gasteiger partial charge in [0.15, 0.2) is 28.6 Å². The van der Waals surface area contributed by atoms with E-state index in [9.17, 15) is 24.9 Å². The molecule has 6 aliphatic rings. The van der Waals surface area contributed by atoms with Crippen molar-refractivity contribution in [3.05, 3.63) is 64.9 Å². The number of nitrogens with one attached hydrogen (secondary N) is 1. The van der Waals surface area contributed by atoms with Gasteiger partial charge in [-0.3, -0.25) is 9.59 Å². The molecule has 11 nitrogen and oxygen atoms in total. The molecule has 4 N–H and O–H groups in total. The molecule has 9 rings (SSSR count). The van der Waals surface area contributed by atoms with Gasteiger partial charge in [-0.1, -0.05) is 12.1 Å². The summed E-state index contributed by atoms with van der Waals surface area (Å²) >= 11 is 0. The van der Waals surface area contributed by atoms with E-state index >= 15 is 0 Å². The van der Waals surface area contributed by atoms with Crippen molar-refractivity contribution in [1.82, 2.24) is 10.2 Å². The minimum atomic E-state index is -1.22. The Kier molecular flexibility index (Phi) is 8.12. The molecule has 4 fully saturated rings. The maximum absolute atomic E-state index is 14.9. The molecule has 4 unspecified atom stereocenters. The fourth-order valence-electron chi connectivity index (χ4n) is 10.2. The average Bonchev–Trinajstić information content (AvgIpc) is 3.71. The molecule has 2 heterocycles. The minimum absolute atomic E-state index is 0.0330. The first-order valence-corrected chi connectivity index (χ1v) is 17.4. The summed E-state index contributed by atoms with van der Waals surface area (Å²) in [6.07, 6.45) is 6.38. The van der Waals surface area contributed by atoms with Gasteiger partial charge in [-0.15, -0.1) is 0 Å². The lowest BCUT2D eigenvalue weighted by Gasteiger charge is -2.58. The Bertz CT molecular complexity index is 1780. The number of ether oxygens (including phenoxy) is 3. The van der Waals surface area contributed by atoms with Gasteiger partial charge in [0.05, 0.1) is 39.4 Å². The largest absolute Gasteiger partial charge is 0.493 e. The van der Waals surface area contributed by atoms with Gasteiger partial charge < -0.3 is 44.2 Å². The summed E-state index contributed by atoms with van der Waals surface area (Å²) in [5.41, 5.74) is 1.87. The molecule has 1 aliphatic heterocycles. The van der Waals surface area contributed by atoms with Crippen molar-refractivity contribution in [3.63, 3.8) is 0 Å². The van der Waals surface area contributed by atoms with Crippen molar-refractivity contribution in [1.29, 1.82) is 0 Å². The van der Waals surface area contributed by atoms with Crippen LogP contribution in [0.15, 0.2) is 52.5 Å². The highest BCUT2D eigenvalue weighted by Gasteiger charge is 2.55. The molecule has 2 amide bonds. The molecule has 0 spiro atoms. The van der Waals surface area contributed by atoms with E-state index < -0.39 is 30.1 Å². The van der Waals surface area contributed by atoms with Crippen molar-refractivity contribution in [3.8, 4) is 17.2 Å². The second kappa shape index (κ2) is 12.4. The molecule has 3 aromatic rings. The van der Waals surface area contributed by atoms with Gasteiger partial charge in [0.25, 0.3) is 5.91 Å². The first-order valence-electron chi connectivity index (χ1n) is 17.4. The van der Waals surface area contributed by atoms with Crippen LogP contribution < -0.4 is 19.5 Å². The zero-order chi connectivity index (χ0) is 34.0. The van der Waals surface area contributed by atoms with Crippen LogP contribution in [0.1, 0.15) is 66.1 Å². The summed E-state index contributed by atoms with van der Waals surface area (Å²) in [4.78, 5) is 30.5. The first-order chi connectivity index (χ1) is 23.7. The number of rotatable bonds is 10. The highest BCUT2D eigenvalue weighted by Crippen LogP contribution is 2.61. The Balaban J connectivity index is 1.24. The van der Waals surface area contributed by atoms with Crippen LogP contribution in [0.5, 0.6) is 17.2 Å². The second-order valence-corrected chi connectivity index (χ2v) is 14.9. The number of methoxy groups -OCH3 is 2. The summed E-state index contributed by atoms with van der Waals surface area (Å²) in [5.74, 6) is 1.81. The van der Waals surface area contributed by atoms with Crippen LogP contribution in [0.25, 0.3) is 11.0 Å². The van der Waals surface area contributed by atoms with Gasteiger partial charge in [-0.2, -0.15) is 0 Å². The number of furan rings is 1. The molecule has 4 atom stereocenters. The highest BCUT2D eigenvalue weighted by molar-refractivity contribution is 5.99. The summed E-state index contributed by atoms with van der Waals surface area (Å²) < 4.78 is 23.8. The summed E-state index contributed by atoms with van der Waals surface area (Å²) in [6, 6.07) is 9.72. The SMILES string of the molecule is COc1cc(CO)cc2c1OC1C2C(C(=O)NCCO)=CC(N(CC23CC4CC(CC(C4)C2)C3)C(=O)c2cc3cccc(OC)c3o2)C1O. The lowest BCUT2D eigenvalue weighted by atomic mass is 9.49. The number of para-hydroxylation sites is 1. The molecule has 260 valence electrons. The van der Waals surface area contributed by atoms with Gasteiger partial charge in [0.1, 0.15) is 12.2 Å². The molecule has 11 heteroatoms. The number of amides is 2. The van der Waals surface area contributed by atoms with E-state index in [1.54, 1.807) is 42.4 Å². The van der Waals surface area contributed by atoms with E-state index in [1.165, 1.54) is 26.4 Å². The number of aliphatic hydroxyl groups is 3. The van der Waals surface area contributed by atoms with Gasteiger partial charge in [0.2, 0.25) is 5.91 Å². The molecule has 1 aromatic heterocycles. The normalized spacial score (nSPS) is 30.7. The summed E-state index contributed by atoms with van der Waals surface area (Å²) in [7, 11) is 3.06. The molecule has 5 aliphatic carbocycles. The Morgan fingerprint density at radius 2 is 1.71 bits per heavy atom. The van der Waals surface area contributed by atoms with Gasteiger partial charge in [-0.25, -0.2) is 0 Å². The Morgan fingerprint density at radius 3 is 2.37 bits per heavy atom. The fourth-order valence-corrected chi connectivity index (χ4v) is 10.2. The molecule has 0 radical (unpaired) electrons. The second-order valence-electron chi connectivity index (χ2n) is 14.9. The average molecular weight is 673 g/mol. The Morgan fingerprint density at radius 1 is 1.00 bits per heavy atom. The van der Waals surface area contributed by atoms with E-state index in [1.807, 2.05) is 12.1 Å². The predicted octanol–water partition coefficient (Wildman–Crippen LogP) is 3.92. The summed E-state index contributed by atoms with van der Waals surface area (Å²) in [6.45, 7) is -0.0562. The Hall–Kier alpha value is -4.06. The lowest BCUT2D eigenvalue weighted by molar-refractivity contribution is -0.119. The summed E-state index contributed by atoms with van der Waals surface area (Å²) in [5, 5.41) is 35.4. The van der Waals surface area contributed by atoms with E-state index in [-0.39, 0.29) is 36.8 Å². The molecule has 2 aromatic carbocycles. The smallest absolute Gasteiger partial charge is 0.290 e. The standard InChI is InChI=1S/C38H44N2O9/c1-46-28-5-3-4-24-13-30(48-33(24)28)37(45)40(19-38-15-20-8-21(16-38)10-22(9-20)17-38)27-14-26(36(44)39-6-7-41)31-25-11-23(18-42)12-29(47-2)34(25)49-35(31)32(27)43/h3-5,11-14,20-22,27,31-32,35,41-43H,6-10,15-19H2,1-2H3,(H,39,44). The fraction of sp³-hybridized carbons (Fsp3) is 0.526. The van der Waals surface area contributed by atoms with Crippen LogP contribution in [0.3, 0.4) is 0 Å². The topological polar surface area (TPSA) is 151 Å². The third-order valence-corrected chi connectivity index (χ3v) is 11.7. The quantitative estimate of drug-likeness (QED) is 0.251.